The van der Waals surface area contributed by atoms with E-state index in [4.69, 9.17) is 10.5 Å². The van der Waals surface area contributed by atoms with E-state index < -0.39 is 0 Å². The summed E-state index contributed by atoms with van der Waals surface area (Å²) in [6.07, 6.45) is 3.78. The quantitative estimate of drug-likeness (QED) is 0.850. The number of nitrogens with zero attached hydrogens (tertiary/aromatic N) is 1. The van der Waals surface area contributed by atoms with Crippen molar-refractivity contribution in [3.63, 3.8) is 0 Å². The summed E-state index contributed by atoms with van der Waals surface area (Å²) >= 11 is 3.60. The van der Waals surface area contributed by atoms with Crippen molar-refractivity contribution >= 4 is 27.3 Å². The van der Waals surface area contributed by atoms with Gasteiger partial charge in [-0.25, -0.2) is 0 Å². The van der Waals surface area contributed by atoms with Crippen molar-refractivity contribution in [3.8, 4) is 5.75 Å². The van der Waals surface area contributed by atoms with Gasteiger partial charge in [-0.1, -0.05) is 0 Å². The Morgan fingerprint density at radius 1 is 1.41 bits per heavy atom. The standard InChI is InChI=1S/C13H19BrN2O/c1-9-5-3-4-6-16(9)13-11(14)7-10(17-2)8-12(13)15/h7-9H,3-6,15H2,1-2H3/t9-/m0/s1. The highest BCUT2D eigenvalue weighted by Gasteiger charge is 2.22. The average molecular weight is 299 g/mol. The van der Waals surface area contributed by atoms with Crippen molar-refractivity contribution in [2.45, 2.75) is 32.2 Å². The van der Waals surface area contributed by atoms with E-state index in [0.29, 0.717) is 6.04 Å². The molecule has 1 heterocycles. The average Bonchev–Trinajstić information content (AvgIpc) is 2.30. The molecular weight excluding hydrogens is 280 g/mol. The van der Waals surface area contributed by atoms with Gasteiger partial charge in [0.25, 0.3) is 0 Å². The molecular formula is C13H19BrN2O. The summed E-state index contributed by atoms with van der Waals surface area (Å²) in [7, 11) is 1.66. The molecule has 4 heteroatoms. The number of rotatable bonds is 2. The number of piperidine rings is 1. The van der Waals surface area contributed by atoms with E-state index in [1.54, 1.807) is 7.11 Å². The monoisotopic (exact) mass is 298 g/mol. The zero-order valence-corrected chi connectivity index (χ0v) is 12.0. The molecule has 0 saturated carbocycles. The smallest absolute Gasteiger partial charge is 0.122 e. The molecule has 94 valence electrons. The molecule has 0 aliphatic carbocycles. The number of nitrogens with two attached hydrogens (primary N) is 1. The number of hydrogen-bond donors (Lipinski definition) is 1. The van der Waals surface area contributed by atoms with E-state index in [-0.39, 0.29) is 0 Å². The number of anilines is 2. The highest BCUT2D eigenvalue weighted by Crippen LogP contribution is 2.39. The molecule has 1 fully saturated rings. The maximum absolute atomic E-state index is 6.14. The van der Waals surface area contributed by atoms with Gasteiger partial charge in [-0.15, -0.1) is 0 Å². The Labute approximate surface area is 111 Å². The molecule has 1 aromatic carbocycles. The SMILES string of the molecule is COc1cc(N)c(N2CCCC[C@@H]2C)c(Br)c1. The van der Waals surface area contributed by atoms with Gasteiger partial charge in [-0.3, -0.25) is 0 Å². The van der Waals surface area contributed by atoms with Gasteiger partial charge >= 0.3 is 0 Å². The Morgan fingerprint density at radius 2 is 2.18 bits per heavy atom. The van der Waals surface area contributed by atoms with E-state index in [1.165, 1.54) is 19.3 Å². The molecule has 1 atom stereocenters. The molecule has 0 unspecified atom stereocenters. The number of nitrogen functional groups attached to an aromatic ring is 1. The number of benzene rings is 1. The van der Waals surface area contributed by atoms with Crippen LogP contribution in [0.25, 0.3) is 0 Å². The third-order valence-corrected chi connectivity index (χ3v) is 4.00. The van der Waals surface area contributed by atoms with Gasteiger partial charge in [0.15, 0.2) is 0 Å². The second-order valence-electron chi connectivity index (χ2n) is 4.59. The molecule has 2 rings (SSSR count). The fourth-order valence-corrected chi connectivity index (χ4v) is 3.13. The van der Waals surface area contributed by atoms with Crippen LogP contribution in [0, 0.1) is 0 Å². The maximum atomic E-state index is 6.14. The van der Waals surface area contributed by atoms with Gasteiger partial charge in [0.05, 0.1) is 18.5 Å². The van der Waals surface area contributed by atoms with Crippen LogP contribution in [-0.2, 0) is 0 Å². The van der Waals surface area contributed by atoms with Crippen LogP contribution in [0.2, 0.25) is 0 Å². The van der Waals surface area contributed by atoms with E-state index in [1.807, 2.05) is 12.1 Å². The third kappa shape index (κ3) is 2.51. The van der Waals surface area contributed by atoms with E-state index >= 15 is 0 Å². The molecule has 2 N–H and O–H groups in total. The first-order valence-electron chi connectivity index (χ1n) is 6.03. The summed E-state index contributed by atoms with van der Waals surface area (Å²) in [4.78, 5) is 2.39. The molecule has 1 saturated heterocycles. The molecule has 0 spiro atoms. The van der Waals surface area contributed by atoms with Crippen molar-refractivity contribution in [1.29, 1.82) is 0 Å². The molecule has 0 aromatic heterocycles. The van der Waals surface area contributed by atoms with Crippen molar-refractivity contribution in [2.75, 3.05) is 24.3 Å². The summed E-state index contributed by atoms with van der Waals surface area (Å²) in [5, 5.41) is 0. The first kappa shape index (κ1) is 12.6. The summed E-state index contributed by atoms with van der Waals surface area (Å²) in [5.74, 6) is 0.794. The molecule has 0 bridgehead atoms. The molecule has 0 radical (unpaired) electrons. The highest BCUT2D eigenvalue weighted by atomic mass is 79.9. The van der Waals surface area contributed by atoms with Crippen molar-refractivity contribution in [1.82, 2.24) is 0 Å². The van der Waals surface area contributed by atoms with E-state index in [9.17, 15) is 0 Å². The molecule has 1 aliphatic heterocycles. The molecule has 1 aromatic rings. The van der Waals surface area contributed by atoms with Crippen LogP contribution in [0.15, 0.2) is 16.6 Å². The molecule has 3 nitrogen and oxygen atoms in total. The predicted octanol–water partition coefficient (Wildman–Crippen LogP) is 3.42. The molecule has 1 aliphatic rings. The number of hydrogen-bond acceptors (Lipinski definition) is 3. The maximum Gasteiger partial charge on any atom is 0.122 e. The second kappa shape index (κ2) is 5.17. The fraction of sp³-hybridized carbons (Fsp3) is 0.538. The lowest BCUT2D eigenvalue weighted by Crippen LogP contribution is -2.38. The minimum absolute atomic E-state index is 0.552. The number of halogens is 1. The Balaban J connectivity index is 2.37. The van der Waals surface area contributed by atoms with Gasteiger partial charge in [0.1, 0.15) is 5.75 Å². The molecule has 17 heavy (non-hydrogen) atoms. The second-order valence-corrected chi connectivity index (χ2v) is 5.44. The Kier molecular flexibility index (Phi) is 3.82. The number of ether oxygens (including phenoxy) is 1. The van der Waals surface area contributed by atoms with Gasteiger partial charge in [0.2, 0.25) is 0 Å². The summed E-state index contributed by atoms with van der Waals surface area (Å²) in [6, 6.07) is 4.42. The van der Waals surface area contributed by atoms with Crippen LogP contribution in [0.5, 0.6) is 5.75 Å². The van der Waals surface area contributed by atoms with Gasteiger partial charge in [-0.2, -0.15) is 0 Å². The largest absolute Gasteiger partial charge is 0.497 e. The van der Waals surface area contributed by atoms with Gasteiger partial charge < -0.3 is 15.4 Å². The van der Waals surface area contributed by atoms with Crippen LogP contribution in [0.1, 0.15) is 26.2 Å². The minimum atomic E-state index is 0.552. The van der Waals surface area contributed by atoms with Crippen molar-refractivity contribution in [3.05, 3.63) is 16.6 Å². The van der Waals surface area contributed by atoms with Crippen LogP contribution in [0.3, 0.4) is 0 Å². The van der Waals surface area contributed by atoms with Gasteiger partial charge in [-0.05, 0) is 48.2 Å². The molecule has 0 amide bonds. The summed E-state index contributed by atoms with van der Waals surface area (Å²) in [6.45, 7) is 3.34. The zero-order chi connectivity index (χ0) is 12.4. The van der Waals surface area contributed by atoms with Crippen LogP contribution in [0.4, 0.5) is 11.4 Å². The van der Waals surface area contributed by atoms with Crippen LogP contribution in [-0.4, -0.2) is 19.7 Å². The topological polar surface area (TPSA) is 38.5 Å². The summed E-state index contributed by atoms with van der Waals surface area (Å²) in [5.41, 5.74) is 8.03. The Bertz CT molecular complexity index is 385. The van der Waals surface area contributed by atoms with Crippen molar-refractivity contribution < 1.29 is 4.74 Å². The van der Waals surface area contributed by atoms with E-state index in [0.717, 1.165) is 28.1 Å². The van der Waals surface area contributed by atoms with Crippen molar-refractivity contribution in [2.24, 2.45) is 0 Å². The van der Waals surface area contributed by atoms with Crippen LogP contribution < -0.4 is 15.4 Å². The summed E-state index contributed by atoms with van der Waals surface area (Å²) < 4.78 is 6.23. The predicted molar refractivity (Wildman–Crippen MR) is 75.8 cm³/mol. The van der Waals surface area contributed by atoms with Crippen LogP contribution >= 0.6 is 15.9 Å². The lowest BCUT2D eigenvalue weighted by atomic mass is 10.0. The fourth-order valence-electron chi connectivity index (χ4n) is 2.45. The normalized spacial score (nSPS) is 20.4. The highest BCUT2D eigenvalue weighted by molar-refractivity contribution is 9.10. The first-order valence-corrected chi connectivity index (χ1v) is 6.82. The Hall–Kier alpha value is -0.900. The first-order chi connectivity index (χ1) is 8.13. The third-order valence-electron chi connectivity index (χ3n) is 3.39. The van der Waals surface area contributed by atoms with Gasteiger partial charge in [0, 0.05) is 23.1 Å². The Morgan fingerprint density at radius 3 is 2.76 bits per heavy atom. The minimum Gasteiger partial charge on any atom is -0.497 e. The lowest BCUT2D eigenvalue weighted by molar-refractivity contribution is 0.414. The number of methoxy groups -OCH3 is 1. The van der Waals surface area contributed by atoms with E-state index in [2.05, 4.69) is 27.8 Å². The lowest BCUT2D eigenvalue weighted by Gasteiger charge is -2.36. The zero-order valence-electron chi connectivity index (χ0n) is 10.4.